The molecule has 3 fully saturated rings. The number of anilines is 2. The predicted octanol–water partition coefficient (Wildman–Crippen LogP) is 5.10. The fourth-order valence-electron chi connectivity index (χ4n) is 7.77. The normalized spacial score (nSPS) is 24.3. The Balaban J connectivity index is 1.09. The number of carbonyl (C=O) groups is 2. The number of likely N-dealkylation sites (N-methyl/N-ethyl adjacent to an activating group) is 1. The highest BCUT2D eigenvalue weighted by Crippen LogP contribution is 2.43. The number of amides is 2. The smallest absolute Gasteiger partial charge is 0.237 e. The van der Waals surface area contributed by atoms with Crippen LogP contribution in [0.5, 0.6) is 11.5 Å². The molecule has 260 valence electrons. The van der Waals surface area contributed by atoms with E-state index in [-0.39, 0.29) is 24.3 Å². The summed E-state index contributed by atoms with van der Waals surface area (Å²) < 4.78 is 17.8. The van der Waals surface area contributed by atoms with Crippen LogP contribution in [0.4, 0.5) is 11.6 Å². The first-order valence-corrected chi connectivity index (χ1v) is 17.7. The third-order valence-corrected chi connectivity index (χ3v) is 10.8. The molecule has 49 heavy (non-hydrogen) atoms. The first-order chi connectivity index (χ1) is 23.8. The molecule has 11 nitrogen and oxygen atoms in total. The second-order valence-electron chi connectivity index (χ2n) is 13.8. The molecule has 12 heteroatoms. The van der Waals surface area contributed by atoms with Crippen LogP contribution >= 0.6 is 11.6 Å². The van der Waals surface area contributed by atoms with Gasteiger partial charge in [0.2, 0.25) is 11.8 Å². The quantitative estimate of drug-likeness (QED) is 0.288. The number of carbonyl (C=O) groups excluding carboxylic acids is 2. The Kier molecular flexibility index (Phi) is 9.94. The summed E-state index contributed by atoms with van der Waals surface area (Å²) in [5.41, 5.74) is 2.72. The molecule has 0 radical (unpaired) electrons. The monoisotopic (exact) mass is 688 g/mol. The zero-order valence-corrected chi connectivity index (χ0v) is 29.3. The molecular formula is C37H45ClN6O5. The summed E-state index contributed by atoms with van der Waals surface area (Å²) in [6, 6.07) is 11.5. The number of fused-ring (bicyclic) bond motifs is 1. The molecular weight excluding hydrogens is 644 g/mol. The lowest BCUT2D eigenvalue weighted by Gasteiger charge is -2.37. The number of aromatic nitrogens is 2. The Bertz CT molecular complexity index is 1640. The first kappa shape index (κ1) is 33.6. The minimum absolute atomic E-state index is 0.0528. The molecule has 1 aromatic heterocycles. The molecule has 0 spiro atoms. The van der Waals surface area contributed by atoms with Crippen LogP contribution in [0.3, 0.4) is 0 Å². The van der Waals surface area contributed by atoms with E-state index in [0.29, 0.717) is 47.5 Å². The van der Waals surface area contributed by atoms with Crippen molar-refractivity contribution in [2.24, 2.45) is 5.92 Å². The summed E-state index contributed by atoms with van der Waals surface area (Å²) in [5, 5.41) is 0.618. The number of halogens is 1. The lowest BCUT2D eigenvalue weighted by molar-refractivity contribution is -0.125. The van der Waals surface area contributed by atoms with Gasteiger partial charge in [0.05, 0.1) is 51.3 Å². The van der Waals surface area contributed by atoms with Crippen molar-refractivity contribution in [3.63, 3.8) is 0 Å². The molecule has 1 aliphatic carbocycles. The summed E-state index contributed by atoms with van der Waals surface area (Å²) in [5.74, 6) is 3.12. The van der Waals surface area contributed by atoms with Crippen LogP contribution in [0.1, 0.15) is 61.3 Å². The maximum Gasteiger partial charge on any atom is 0.237 e. The Morgan fingerprint density at radius 3 is 2.45 bits per heavy atom. The van der Waals surface area contributed by atoms with Gasteiger partial charge in [-0.15, -0.1) is 0 Å². The van der Waals surface area contributed by atoms with Gasteiger partial charge in [0, 0.05) is 38.3 Å². The van der Waals surface area contributed by atoms with Crippen LogP contribution in [0.15, 0.2) is 48.8 Å². The van der Waals surface area contributed by atoms with E-state index >= 15 is 0 Å². The number of nitrogens with zero attached hydrogens (tertiary/aromatic N) is 6. The van der Waals surface area contributed by atoms with Gasteiger partial charge in [0.1, 0.15) is 12.4 Å². The standard InChI is InChI=1S/C37H45ClN6O5/c1-41(20-24-6-12-28(13-7-24)43-21-36(46)42(2)23-43)33-18-40-34(19-39-33)44-35(45)16-26-15-31(47-3)32(49-22-29-5-4-14-48-29)17-30(26)37(44)25-8-10-27(38)11-9-25/h8-11,15,17-19,24,28-29,37H,4-7,12-14,16,20-23H2,1-3H3/t24-,28-,29-,37+/m1/s1. The topological polar surface area (TPSA) is 101 Å². The number of hydrogen-bond acceptors (Lipinski definition) is 9. The summed E-state index contributed by atoms with van der Waals surface area (Å²) in [6.07, 6.45) is 10.1. The average molecular weight is 689 g/mol. The molecule has 0 bridgehead atoms. The Labute approximate surface area is 293 Å². The number of benzene rings is 2. The van der Waals surface area contributed by atoms with Crippen molar-refractivity contribution >= 4 is 35.1 Å². The SMILES string of the molecule is COc1cc2c(cc1OC[C@H]1CCCO1)[C@H](c1ccc(Cl)cc1)N(c1cnc(N(C)C[C@H]3CC[C@H](N4CC(=O)N(C)C4)CC3)cn1)C(=O)C2. The van der Waals surface area contributed by atoms with Crippen LogP contribution in [0.25, 0.3) is 0 Å². The molecule has 3 aromatic rings. The zero-order chi connectivity index (χ0) is 34.1. The second-order valence-corrected chi connectivity index (χ2v) is 14.2. The fraction of sp³-hybridized carbons (Fsp3) is 0.514. The molecule has 1 saturated carbocycles. The Morgan fingerprint density at radius 2 is 1.80 bits per heavy atom. The lowest BCUT2D eigenvalue weighted by Crippen LogP contribution is -2.41. The van der Waals surface area contributed by atoms with Crippen LogP contribution in [-0.2, 0) is 20.7 Å². The van der Waals surface area contributed by atoms with Gasteiger partial charge in [0.15, 0.2) is 17.3 Å². The Morgan fingerprint density at radius 1 is 1.00 bits per heavy atom. The molecule has 3 aliphatic heterocycles. The third-order valence-electron chi connectivity index (χ3n) is 10.5. The van der Waals surface area contributed by atoms with Gasteiger partial charge < -0.3 is 24.0 Å². The second kappa shape index (κ2) is 14.5. The van der Waals surface area contributed by atoms with Gasteiger partial charge >= 0.3 is 0 Å². The van der Waals surface area contributed by atoms with Crippen LogP contribution in [0.2, 0.25) is 5.02 Å². The number of rotatable bonds is 10. The van der Waals surface area contributed by atoms with Crippen molar-refractivity contribution < 1.29 is 23.8 Å². The highest BCUT2D eigenvalue weighted by Gasteiger charge is 2.37. The molecule has 0 unspecified atom stereocenters. The molecule has 4 aliphatic rings. The minimum atomic E-state index is -0.469. The summed E-state index contributed by atoms with van der Waals surface area (Å²) >= 11 is 6.29. The van der Waals surface area contributed by atoms with Crippen molar-refractivity contribution in [3.05, 3.63) is 70.5 Å². The van der Waals surface area contributed by atoms with Crippen LogP contribution in [-0.4, -0.2) is 97.9 Å². The largest absolute Gasteiger partial charge is 0.493 e. The van der Waals surface area contributed by atoms with E-state index in [9.17, 15) is 9.59 Å². The van der Waals surface area contributed by atoms with Crippen LogP contribution < -0.4 is 19.3 Å². The van der Waals surface area contributed by atoms with Crippen LogP contribution in [0, 0.1) is 5.92 Å². The van der Waals surface area contributed by atoms with Gasteiger partial charge in [-0.25, -0.2) is 9.97 Å². The highest BCUT2D eigenvalue weighted by atomic mass is 35.5. The van der Waals surface area contributed by atoms with E-state index in [1.54, 1.807) is 24.4 Å². The summed E-state index contributed by atoms with van der Waals surface area (Å²) in [6.45, 7) is 3.33. The van der Waals surface area contributed by atoms with Gasteiger partial charge in [-0.1, -0.05) is 23.7 Å². The molecule has 2 amide bonds. The van der Waals surface area contributed by atoms with Gasteiger partial charge in [-0.05, 0) is 85.4 Å². The molecule has 0 N–H and O–H groups in total. The lowest BCUT2D eigenvalue weighted by atomic mass is 9.85. The van der Waals surface area contributed by atoms with Gasteiger partial charge in [-0.2, -0.15) is 0 Å². The molecule has 2 atom stereocenters. The predicted molar refractivity (Wildman–Crippen MR) is 187 cm³/mol. The number of hydrogen-bond donors (Lipinski definition) is 0. The highest BCUT2D eigenvalue weighted by molar-refractivity contribution is 6.30. The van der Waals surface area contributed by atoms with Crippen molar-refractivity contribution in [2.45, 2.75) is 63.1 Å². The first-order valence-electron chi connectivity index (χ1n) is 17.3. The number of methoxy groups -OCH3 is 1. The van der Waals surface area contributed by atoms with Crippen molar-refractivity contribution in [2.75, 3.05) is 64.0 Å². The van der Waals surface area contributed by atoms with Crippen molar-refractivity contribution in [3.8, 4) is 11.5 Å². The van der Waals surface area contributed by atoms with Gasteiger partial charge in [0.25, 0.3) is 0 Å². The maximum atomic E-state index is 13.9. The zero-order valence-electron chi connectivity index (χ0n) is 28.5. The maximum absolute atomic E-state index is 13.9. The minimum Gasteiger partial charge on any atom is -0.493 e. The Hall–Kier alpha value is -3.93. The van der Waals surface area contributed by atoms with E-state index < -0.39 is 6.04 Å². The molecule has 7 rings (SSSR count). The van der Waals surface area contributed by atoms with E-state index in [4.69, 9.17) is 35.8 Å². The van der Waals surface area contributed by atoms with E-state index in [0.717, 1.165) is 80.9 Å². The van der Waals surface area contributed by atoms with Crippen molar-refractivity contribution in [1.29, 1.82) is 0 Å². The third kappa shape index (κ3) is 7.20. The molecule has 4 heterocycles. The molecule has 2 saturated heterocycles. The van der Waals surface area contributed by atoms with E-state index in [1.807, 2.05) is 55.4 Å². The molecule has 2 aromatic carbocycles. The summed E-state index contributed by atoms with van der Waals surface area (Å²) in [7, 11) is 5.54. The fourth-order valence-corrected chi connectivity index (χ4v) is 7.90. The van der Waals surface area contributed by atoms with E-state index in [1.165, 1.54) is 0 Å². The number of ether oxygens (including phenoxy) is 3. The van der Waals surface area contributed by atoms with Gasteiger partial charge in [-0.3, -0.25) is 19.4 Å². The summed E-state index contributed by atoms with van der Waals surface area (Å²) in [4.78, 5) is 43.6. The van der Waals surface area contributed by atoms with Crippen molar-refractivity contribution in [1.82, 2.24) is 19.8 Å². The average Bonchev–Trinajstić information content (AvgIpc) is 3.76. The van der Waals surface area contributed by atoms with E-state index in [2.05, 4.69) is 9.80 Å².